The Morgan fingerprint density at radius 1 is 1.18 bits per heavy atom. The lowest BCUT2D eigenvalue weighted by Crippen LogP contribution is -2.41. The Labute approximate surface area is 175 Å². The molecule has 1 aliphatic heterocycles. The molecule has 0 radical (unpaired) electrons. The third-order valence-electron chi connectivity index (χ3n) is 5.24. The molecule has 1 aromatic heterocycles. The lowest BCUT2D eigenvalue weighted by atomic mass is 9.95. The van der Waals surface area contributed by atoms with Crippen LogP contribution >= 0.6 is 22.9 Å². The average Bonchev–Trinajstić information content (AvgIpc) is 3.02. The summed E-state index contributed by atoms with van der Waals surface area (Å²) < 4.78 is 0.569. The number of likely N-dealkylation sites (N-methyl/N-ethyl adjacent to an activating group) is 1. The van der Waals surface area contributed by atoms with Crippen molar-refractivity contribution in [3.8, 4) is 0 Å². The Kier molecular flexibility index (Phi) is 7.27. The standard InChI is InChI=1S/C22H27ClN2O2S/c1-3-4-18(24-22(27)20-7-8-21(23)28-20)19(26)14-15-5-6-16-9-11-25(2)12-10-17(16)13-15/h5-8,13,18H,3-4,9-12,14H2,1-2H3,(H,24,27)/t18-/m1/s1. The number of thiophene rings is 1. The molecule has 0 fully saturated rings. The van der Waals surface area contributed by atoms with Gasteiger partial charge in [-0.1, -0.05) is 43.1 Å². The first-order chi connectivity index (χ1) is 13.5. The summed E-state index contributed by atoms with van der Waals surface area (Å²) in [6, 6.07) is 9.33. The van der Waals surface area contributed by atoms with Gasteiger partial charge in [0.1, 0.15) is 0 Å². The lowest BCUT2D eigenvalue weighted by molar-refractivity contribution is -0.120. The van der Waals surface area contributed by atoms with Crippen molar-refractivity contribution in [2.75, 3.05) is 20.1 Å². The molecule has 0 unspecified atom stereocenters. The SMILES string of the molecule is CCC[C@@H](NC(=O)c1ccc(Cl)s1)C(=O)Cc1ccc2c(c1)CCN(C)CC2. The van der Waals surface area contributed by atoms with Crippen LogP contribution in [0.3, 0.4) is 0 Å². The second kappa shape index (κ2) is 9.68. The predicted octanol–water partition coefficient (Wildman–Crippen LogP) is 4.14. The number of carbonyl (C=O) groups is 2. The summed E-state index contributed by atoms with van der Waals surface area (Å²) in [4.78, 5) is 28.2. The quantitative estimate of drug-likeness (QED) is 0.735. The number of nitrogens with one attached hydrogen (secondary N) is 1. The first-order valence-corrected chi connectivity index (χ1v) is 11.0. The molecule has 1 aliphatic rings. The maximum Gasteiger partial charge on any atom is 0.261 e. The van der Waals surface area contributed by atoms with Gasteiger partial charge < -0.3 is 10.2 Å². The van der Waals surface area contributed by atoms with Crippen molar-refractivity contribution < 1.29 is 9.59 Å². The third-order valence-corrected chi connectivity index (χ3v) is 6.47. The molecule has 0 saturated heterocycles. The number of carbonyl (C=O) groups excluding carboxylic acids is 2. The molecule has 4 nitrogen and oxygen atoms in total. The Morgan fingerprint density at radius 2 is 1.93 bits per heavy atom. The van der Waals surface area contributed by atoms with Gasteiger partial charge in [0.05, 0.1) is 15.3 Å². The lowest BCUT2D eigenvalue weighted by Gasteiger charge is -2.17. The van der Waals surface area contributed by atoms with Crippen molar-refractivity contribution in [2.24, 2.45) is 0 Å². The van der Waals surface area contributed by atoms with Crippen molar-refractivity contribution in [1.29, 1.82) is 0 Å². The highest BCUT2D eigenvalue weighted by Crippen LogP contribution is 2.22. The van der Waals surface area contributed by atoms with E-state index in [0.717, 1.165) is 37.9 Å². The van der Waals surface area contributed by atoms with Crippen LogP contribution in [0.4, 0.5) is 0 Å². The fraction of sp³-hybridized carbons (Fsp3) is 0.455. The fourth-order valence-corrected chi connectivity index (χ4v) is 4.54. The second-order valence-corrected chi connectivity index (χ2v) is 9.18. The maximum atomic E-state index is 12.9. The summed E-state index contributed by atoms with van der Waals surface area (Å²) in [5, 5.41) is 2.90. The summed E-state index contributed by atoms with van der Waals surface area (Å²) in [5.41, 5.74) is 3.76. The predicted molar refractivity (Wildman–Crippen MR) is 116 cm³/mol. The number of Topliss-reactive ketones (excluding diaryl/α,β-unsaturated/α-hetero) is 1. The molecule has 0 aliphatic carbocycles. The Bertz CT molecular complexity index is 849. The number of rotatable bonds is 7. The molecule has 6 heteroatoms. The zero-order chi connectivity index (χ0) is 20.1. The molecule has 1 atom stereocenters. The Balaban J connectivity index is 1.68. The summed E-state index contributed by atoms with van der Waals surface area (Å²) in [7, 11) is 2.15. The minimum Gasteiger partial charge on any atom is -0.342 e. The number of hydrogen-bond acceptors (Lipinski definition) is 4. The number of halogens is 1. The molecule has 1 aromatic carbocycles. The van der Waals surface area contributed by atoms with Crippen LogP contribution in [0.1, 0.15) is 46.1 Å². The van der Waals surface area contributed by atoms with E-state index in [1.165, 1.54) is 22.5 Å². The van der Waals surface area contributed by atoms with Crippen LogP contribution in [-0.4, -0.2) is 42.8 Å². The van der Waals surface area contributed by atoms with E-state index < -0.39 is 6.04 Å². The topological polar surface area (TPSA) is 49.4 Å². The van der Waals surface area contributed by atoms with Gasteiger partial charge in [0.25, 0.3) is 5.91 Å². The van der Waals surface area contributed by atoms with Gasteiger partial charge in [-0.2, -0.15) is 0 Å². The van der Waals surface area contributed by atoms with Crippen molar-refractivity contribution in [2.45, 2.75) is 45.1 Å². The highest BCUT2D eigenvalue weighted by Gasteiger charge is 2.22. The Morgan fingerprint density at radius 3 is 2.61 bits per heavy atom. The molecule has 0 bridgehead atoms. The van der Waals surface area contributed by atoms with E-state index in [4.69, 9.17) is 11.6 Å². The molecule has 2 heterocycles. The molecule has 150 valence electrons. The van der Waals surface area contributed by atoms with Gasteiger partial charge in [0.15, 0.2) is 5.78 Å². The molecule has 1 N–H and O–H groups in total. The van der Waals surface area contributed by atoms with Crippen LogP contribution in [0.25, 0.3) is 0 Å². The highest BCUT2D eigenvalue weighted by molar-refractivity contribution is 7.18. The normalized spacial score (nSPS) is 15.5. The van der Waals surface area contributed by atoms with E-state index >= 15 is 0 Å². The average molecular weight is 419 g/mol. The highest BCUT2D eigenvalue weighted by atomic mass is 35.5. The molecule has 3 rings (SSSR count). The number of fused-ring (bicyclic) bond motifs is 1. The van der Waals surface area contributed by atoms with Crippen LogP contribution in [-0.2, 0) is 24.1 Å². The van der Waals surface area contributed by atoms with E-state index in [1.54, 1.807) is 12.1 Å². The van der Waals surface area contributed by atoms with E-state index in [-0.39, 0.29) is 11.7 Å². The van der Waals surface area contributed by atoms with Gasteiger partial charge in [0, 0.05) is 19.5 Å². The maximum absolute atomic E-state index is 12.9. The second-order valence-electron chi connectivity index (χ2n) is 7.47. The van der Waals surface area contributed by atoms with Crippen LogP contribution in [0.5, 0.6) is 0 Å². The molecule has 0 spiro atoms. The van der Waals surface area contributed by atoms with Gasteiger partial charge in [-0.25, -0.2) is 0 Å². The monoisotopic (exact) mass is 418 g/mol. The number of ketones is 1. The first-order valence-electron chi connectivity index (χ1n) is 9.84. The fourth-order valence-electron chi connectivity index (χ4n) is 3.59. The zero-order valence-corrected chi connectivity index (χ0v) is 18.0. The smallest absolute Gasteiger partial charge is 0.261 e. The summed E-state index contributed by atoms with van der Waals surface area (Å²) >= 11 is 7.15. The van der Waals surface area contributed by atoms with E-state index in [2.05, 4.69) is 35.5 Å². The van der Waals surface area contributed by atoms with Gasteiger partial charge >= 0.3 is 0 Å². The summed E-state index contributed by atoms with van der Waals surface area (Å²) in [5.74, 6) is -0.169. The van der Waals surface area contributed by atoms with Gasteiger partial charge in [-0.05, 0) is 55.1 Å². The van der Waals surface area contributed by atoms with Crippen molar-refractivity contribution in [3.05, 3.63) is 56.2 Å². The third kappa shape index (κ3) is 5.43. The van der Waals surface area contributed by atoms with Gasteiger partial charge in [0.2, 0.25) is 0 Å². The largest absolute Gasteiger partial charge is 0.342 e. The molecule has 1 amide bonds. The number of amides is 1. The molecule has 2 aromatic rings. The van der Waals surface area contributed by atoms with Crippen molar-refractivity contribution in [1.82, 2.24) is 10.2 Å². The van der Waals surface area contributed by atoms with Crippen LogP contribution in [0.15, 0.2) is 30.3 Å². The van der Waals surface area contributed by atoms with Crippen LogP contribution in [0.2, 0.25) is 4.34 Å². The van der Waals surface area contributed by atoms with Gasteiger partial charge in [-0.3, -0.25) is 9.59 Å². The first kappa shape index (κ1) is 21.0. The number of benzene rings is 1. The van der Waals surface area contributed by atoms with Crippen molar-refractivity contribution >= 4 is 34.6 Å². The minimum atomic E-state index is -0.469. The molecular weight excluding hydrogens is 392 g/mol. The zero-order valence-electron chi connectivity index (χ0n) is 16.5. The van der Waals surface area contributed by atoms with Crippen molar-refractivity contribution in [3.63, 3.8) is 0 Å². The number of hydrogen-bond donors (Lipinski definition) is 1. The Hall–Kier alpha value is -1.69. The van der Waals surface area contributed by atoms with E-state index in [1.807, 2.05) is 6.92 Å². The van der Waals surface area contributed by atoms with E-state index in [9.17, 15) is 9.59 Å². The van der Waals surface area contributed by atoms with Gasteiger partial charge in [-0.15, -0.1) is 11.3 Å². The van der Waals surface area contributed by atoms with Crippen LogP contribution < -0.4 is 5.32 Å². The molecule has 0 saturated carbocycles. The summed E-state index contributed by atoms with van der Waals surface area (Å²) in [6.07, 6.45) is 3.89. The molecular formula is C22H27ClN2O2S. The molecule has 28 heavy (non-hydrogen) atoms. The van der Waals surface area contributed by atoms with E-state index in [0.29, 0.717) is 22.1 Å². The number of nitrogens with zero attached hydrogens (tertiary/aromatic N) is 1. The minimum absolute atomic E-state index is 0.0588. The summed E-state index contributed by atoms with van der Waals surface area (Å²) in [6.45, 7) is 4.14. The van der Waals surface area contributed by atoms with Crippen LogP contribution in [0, 0.1) is 0 Å².